The average Bonchev–Trinajstić information content (AvgIpc) is 2.74. The van der Waals surface area contributed by atoms with Gasteiger partial charge in [0.1, 0.15) is 11.5 Å². The molecule has 0 N–H and O–H groups in total. The van der Waals surface area contributed by atoms with Crippen molar-refractivity contribution in [2.75, 3.05) is 7.11 Å². The molecule has 0 radical (unpaired) electrons. The van der Waals surface area contributed by atoms with Crippen LogP contribution in [0.2, 0.25) is 0 Å². The number of rotatable bonds is 6. The predicted molar refractivity (Wildman–Crippen MR) is 114 cm³/mol. The van der Waals surface area contributed by atoms with Crippen LogP contribution < -0.4 is 9.47 Å². The molecule has 3 rings (SSSR count). The lowest BCUT2D eigenvalue weighted by Gasteiger charge is -2.11. The number of hydrogen-bond acceptors (Lipinski definition) is 3. The number of methoxy groups -OCH3 is 1. The molecule has 0 aromatic heterocycles. The van der Waals surface area contributed by atoms with Crippen LogP contribution in [0.1, 0.15) is 12.5 Å². The fraction of sp³-hybridized carbons (Fsp3) is 0.0800. The first-order valence-corrected chi connectivity index (χ1v) is 8.91. The van der Waals surface area contributed by atoms with Crippen molar-refractivity contribution in [2.45, 2.75) is 6.92 Å². The normalized spacial score (nSPS) is 10.2. The van der Waals surface area contributed by atoms with Crippen molar-refractivity contribution in [3.63, 3.8) is 0 Å². The maximum atomic E-state index is 11.6. The number of ether oxygens (including phenoxy) is 2. The molecule has 0 aliphatic heterocycles. The summed E-state index contributed by atoms with van der Waals surface area (Å²) < 4.78 is 10.5. The van der Waals surface area contributed by atoms with Crippen LogP contribution in [0.5, 0.6) is 11.5 Å². The van der Waals surface area contributed by atoms with Gasteiger partial charge in [-0.05, 0) is 65.1 Å². The van der Waals surface area contributed by atoms with Crippen molar-refractivity contribution < 1.29 is 14.3 Å². The van der Waals surface area contributed by atoms with Gasteiger partial charge in [0, 0.05) is 5.57 Å². The first-order chi connectivity index (χ1) is 13.5. The molecule has 0 amide bonds. The monoisotopic (exact) mass is 370 g/mol. The Balaban J connectivity index is 1.88. The molecule has 3 aromatic rings. The Morgan fingerprint density at radius 1 is 0.857 bits per heavy atom. The molecule has 3 aromatic carbocycles. The lowest BCUT2D eigenvalue weighted by atomic mass is 9.95. The zero-order valence-electron chi connectivity index (χ0n) is 16.1. The Hall–Kier alpha value is -3.59. The van der Waals surface area contributed by atoms with Crippen LogP contribution in [0.15, 0.2) is 85.5 Å². The lowest BCUT2D eigenvalue weighted by molar-refractivity contribution is -0.130. The number of carbonyl (C=O) groups is 1. The highest BCUT2D eigenvalue weighted by molar-refractivity contribution is 5.89. The van der Waals surface area contributed by atoms with Gasteiger partial charge in [-0.3, -0.25) is 0 Å². The summed E-state index contributed by atoms with van der Waals surface area (Å²) in [6.07, 6.45) is 1.85. The second kappa shape index (κ2) is 8.40. The molecule has 0 atom stereocenters. The van der Waals surface area contributed by atoms with Crippen molar-refractivity contribution in [3.05, 3.63) is 91.0 Å². The highest BCUT2D eigenvalue weighted by Crippen LogP contribution is 2.31. The third-order valence-corrected chi connectivity index (χ3v) is 4.42. The highest BCUT2D eigenvalue weighted by atomic mass is 16.5. The van der Waals surface area contributed by atoms with E-state index in [0.717, 1.165) is 33.6 Å². The van der Waals surface area contributed by atoms with E-state index in [2.05, 4.69) is 31.4 Å². The molecule has 140 valence electrons. The fourth-order valence-corrected chi connectivity index (χ4v) is 2.85. The maximum Gasteiger partial charge on any atom is 0.338 e. The van der Waals surface area contributed by atoms with Gasteiger partial charge in [-0.2, -0.15) is 0 Å². The first kappa shape index (κ1) is 19.2. The molecule has 0 heterocycles. The lowest BCUT2D eigenvalue weighted by Crippen LogP contribution is -2.07. The minimum absolute atomic E-state index is 0.369. The summed E-state index contributed by atoms with van der Waals surface area (Å²) in [6, 6.07) is 21.6. The number of hydrogen-bond donors (Lipinski definition) is 0. The van der Waals surface area contributed by atoms with Crippen molar-refractivity contribution in [1.29, 1.82) is 0 Å². The van der Waals surface area contributed by atoms with E-state index in [4.69, 9.17) is 9.47 Å². The third-order valence-electron chi connectivity index (χ3n) is 4.42. The molecular weight excluding hydrogens is 348 g/mol. The van der Waals surface area contributed by atoms with E-state index in [1.165, 1.54) is 0 Å². The van der Waals surface area contributed by atoms with E-state index < -0.39 is 5.97 Å². The maximum absolute atomic E-state index is 11.6. The Labute approximate surface area is 165 Å². The molecule has 0 aliphatic carbocycles. The van der Waals surface area contributed by atoms with Gasteiger partial charge in [0.15, 0.2) is 0 Å². The zero-order chi connectivity index (χ0) is 20.1. The number of carbonyl (C=O) groups excluding carboxylic acids is 1. The molecule has 0 spiro atoms. The molecular formula is C25H22O3. The Morgan fingerprint density at radius 3 is 2.00 bits per heavy atom. The summed E-state index contributed by atoms with van der Waals surface area (Å²) in [5.74, 6) is 0.897. The van der Waals surface area contributed by atoms with E-state index in [0.29, 0.717) is 11.3 Å². The van der Waals surface area contributed by atoms with E-state index in [1.54, 1.807) is 26.2 Å². The standard InChI is InChI=1S/C25H22O3/c1-5-18-16-21(10-15-24(18)20-8-11-22(27-4)12-9-20)19-6-13-23(14-7-19)28-25(26)17(2)3/h5-16H,1-2H2,3-4H3. The van der Waals surface area contributed by atoms with Crippen molar-refractivity contribution in [2.24, 2.45) is 0 Å². The van der Waals surface area contributed by atoms with Gasteiger partial charge in [0.05, 0.1) is 7.11 Å². The Morgan fingerprint density at radius 2 is 1.43 bits per heavy atom. The molecule has 0 saturated heterocycles. The average molecular weight is 370 g/mol. The Kier molecular flexibility index (Phi) is 5.75. The van der Waals surface area contributed by atoms with Gasteiger partial charge in [-0.25, -0.2) is 4.79 Å². The van der Waals surface area contributed by atoms with Gasteiger partial charge in [0.25, 0.3) is 0 Å². The topological polar surface area (TPSA) is 35.5 Å². The van der Waals surface area contributed by atoms with Crippen LogP contribution >= 0.6 is 0 Å². The first-order valence-electron chi connectivity index (χ1n) is 8.91. The largest absolute Gasteiger partial charge is 0.497 e. The smallest absolute Gasteiger partial charge is 0.338 e. The molecule has 0 bridgehead atoms. The molecule has 3 heteroatoms. The van der Waals surface area contributed by atoms with E-state index in [-0.39, 0.29) is 0 Å². The van der Waals surface area contributed by atoms with Gasteiger partial charge >= 0.3 is 5.97 Å². The van der Waals surface area contributed by atoms with Gasteiger partial charge in [-0.1, -0.05) is 55.6 Å². The van der Waals surface area contributed by atoms with Crippen LogP contribution in [0.4, 0.5) is 0 Å². The summed E-state index contributed by atoms with van der Waals surface area (Å²) in [7, 11) is 1.66. The molecule has 3 nitrogen and oxygen atoms in total. The SMILES string of the molecule is C=Cc1cc(-c2ccc(OC(=O)C(=C)C)cc2)ccc1-c1ccc(OC)cc1. The minimum Gasteiger partial charge on any atom is -0.497 e. The van der Waals surface area contributed by atoms with E-state index >= 15 is 0 Å². The minimum atomic E-state index is -0.425. The zero-order valence-corrected chi connectivity index (χ0v) is 16.1. The molecule has 0 saturated carbocycles. The predicted octanol–water partition coefficient (Wildman–Crippen LogP) is 6.15. The van der Waals surface area contributed by atoms with E-state index in [9.17, 15) is 4.79 Å². The number of benzene rings is 3. The third kappa shape index (κ3) is 4.21. The van der Waals surface area contributed by atoms with Crippen molar-refractivity contribution in [3.8, 4) is 33.8 Å². The second-order valence-electron chi connectivity index (χ2n) is 6.43. The molecule has 0 aliphatic rings. The van der Waals surface area contributed by atoms with Crippen molar-refractivity contribution in [1.82, 2.24) is 0 Å². The molecule has 28 heavy (non-hydrogen) atoms. The summed E-state index contributed by atoms with van der Waals surface area (Å²) in [5.41, 5.74) is 5.71. The second-order valence-corrected chi connectivity index (χ2v) is 6.43. The summed E-state index contributed by atoms with van der Waals surface area (Å²) in [4.78, 5) is 11.6. The van der Waals surface area contributed by atoms with Crippen molar-refractivity contribution >= 4 is 12.0 Å². The van der Waals surface area contributed by atoms with E-state index in [1.807, 2.05) is 42.5 Å². The summed E-state index contributed by atoms with van der Waals surface area (Å²) >= 11 is 0. The number of esters is 1. The van der Waals surface area contributed by atoms with Crippen LogP contribution in [0.25, 0.3) is 28.3 Å². The van der Waals surface area contributed by atoms with Gasteiger partial charge in [0.2, 0.25) is 0 Å². The molecule has 0 fully saturated rings. The Bertz CT molecular complexity index is 1010. The van der Waals surface area contributed by atoms with Gasteiger partial charge in [-0.15, -0.1) is 0 Å². The highest BCUT2D eigenvalue weighted by Gasteiger charge is 2.08. The van der Waals surface area contributed by atoms with Crippen LogP contribution in [0, 0.1) is 0 Å². The molecule has 0 unspecified atom stereocenters. The van der Waals surface area contributed by atoms with Gasteiger partial charge < -0.3 is 9.47 Å². The van der Waals surface area contributed by atoms with Crippen LogP contribution in [-0.4, -0.2) is 13.1 Å². The summed E-state index contributed by atoms with van der Waals surface area (Å²) in [5, 5.41) is 0. The van der Waals surface area contributed by atoms with Crippen LogP contribution in [0.3, 0.4) is 0 Å². The van der Waals surface area contributed by atoms with Crippen LogP contribution in [-0.2, 0) is 4.79 Å². The summed E-state index contributed by atoms with van der Waals surface area (Å²) in [6.45, 7) is 9.17. The fourth-order valence-electron chi connectivity index (χ4n) is 2.85. The quantitative estimate of drug-likeness (QED) is 0.296.